The number of para-hydroxylation sites is 1. The number of rotatable bonds is 6. The number of carbonyl (C=O) groups excluding carboxylic acids is 1. The number of fused-ring (bicyclic) bond motifs is 1. The molecule has 1 amide bonds. The summed E-state index contributed by atoms with van der Waals surface area (Å²) in [5.74, 6) is 0.596. The van der Waals surface area contributed by atoms with Gasteiger partial charge in [0.05, 0.1) is 6.61 Å². The van der Waals surface area contributed by atoms with Crippen LogP contribution in [0, 0.1) is 11.5 Å². The Morgan fingerprint density at radius 1 is 1.16 bits per heavy atom. The maximum Gasteiger partial charge on any atom is 0.407 e. The number of amides is 1. The van der Waals surface area contributed by atoms with Crippen LogP contribution in [0.2, 0.25) is 0 Å². The van der Waals surface area contributed by atoms with Crippen LogP contribution in [0.15, 0.2) is 53.5 Å². The predicted molar refractivity (Wildman–Crippen MR) is 120 cm³/mol. The summed E-state index contributed by atoms with van der Waals surface area (Å²) in [6, 6.07) is 15.5. The number of hydrogen-bond donors (Lipinski definition) is 2. The molecule has 0 aromatic heterocycles. The molecule has 1 aliphatic rings. The van der Waals surface area contributed by atoms with E-state index in [1.165, 1.54) is 11.1 Å². The highest BCUT2D eigenvalue weighted by Crippen LogP contribution is 2.24. The fraction of sp³-hybridized carbons (Fsp3) is 0.375. The van der Waals surface area contributed by atoms with Gasteiger partial charge in [-0.1, -0.05) is 37.6 Å². The average Bonchev–Trinajstić information content (AvgIpc) is 2.97. The molecule has 0 fully saturated rings. The lowest BCUT2D eigenvalue weighted by Gasteiger charge is -2.15. The molecule has 0 spiro atoms. The molecular formula is C24H28N4O3. The van der Waals surface area contributed by atoms with Gasteiger partial charge >= 0.3 is 12.1 Å². The molecule has 1 aliphatic carbocycles. The lowest BCUT2D eigenvalue weighted by Crippen LogP contribution is -2.35. The second-order valence-corrected chi connectivity index (χ2v) is 7.45. The van der Waals surface area contributed by atoms with E-state index >= 15 is 0 Å². The molecule has 2 aromatic rings. The maximum absolute atomic E-state index is 12.0. The summed E-state index contributed by atoms with van der Waals surface area (Å²) in [7, 11) is 0. The number of ether oxygens (including phenoxy) is 2. The molecule has 162 valence electrons. The molecule has 0 aliphatic heterocycles. The van der Waals surface area contributed by atoms with Gasteiger partial charge in [0.2, 0.25) is 6.19 Å². The minimum atomic E-state index is -0.331. The Morgan fingerprint density at radius 2 is 1.94 bits per heavy atom. The number of nitriles is 1. The first-order valence-corrected chi connectivity index (χ1v) is 10.7. The maximum atomic E-state index is 12.0. The van der Waals surface area contributed by atoms with Crippen molar-refractivity contribution in [2.24, 2.45) is 4.99 Å². The molecular weight excluding hydrogens is 392 g/mol. The average molecular weight is 421 g/mol. The van der Waals surface area contributed by atoms with Crippen molar-refractivity contribution in [3.05, 3.63) is 59.7 Å². The normalized spacial score (nSPS) is 15.7. The summed E-state index contributed by atoms with van der Waals surface area (Å²) in [5, 5.41) is 15.1. The zero-order valence-corrected chi connectivity index (χ0v) is 17.8. The molecule has 7 heteroatoms. The highest BCUT2D eigenvalue weighted by Gasteiger charge is 2.19. The molecule has 0 unspecified atom stereocenters. The van der Waals surface area contributed by atoms with Gasteiger partial charge in [0.25, 0.3) is 0 Å². The smallest absolute Gasteiger partial charge is 0.407 e. The fourth-order valence-corrected chi connectivity index (χ4v) is 3.49. The largest absolute Gasteiger partial charge is 0.450 e. The number of anilines is 1. The fourth-order valence-electron chi connectivity index (χ4n) is 3.49. The summed E-state index contributed by atoms with van der Waals surface area (Å²) < 4.78 is 10.9. The topological polar surface area (TPSA) is 95.7 Å². The number of alkyl carbamates (subject to hydrolysis) is 1. The molecule has 2 N–H and O–H groups in total. The first kappa shape index (κ1) is 22.2. The van der Waals surface area contributed by atoms with E-state index in [4.69, 9.17) is 14.7 Å². The third-order valence-corrected chi connectivity index (χ3v) is 5.14. The Bertz CT molecular complexity index is 938. The highest BCUT2D eigenvalue weighted by molar-refractivity contribution is 5.91. The molecule has 1 atom stereocenters. The monoisotopic (exact) mass is 420 g/mol. The molecule has 0 saturated heterocycles. The number of hydrogen-bond acceptors (Lipinski definition) is 5. The van der Waals surface area contributed by atoms with Crippen LogP contribution in [-0.2, 0) is 17.6 Å². The van der Waals surface area contributed by atoms with Crippen LogP contribution >= 0.6 is 0 Å². The highest BCUT2D eigenvalue weighted by atomic mass is 16.5. The lowest BCUT2D eigenvalue weighted by molar-refractivity contribution is 0.139. The van der Waals surface area contributed by atoms with Crippen molar-refractivity contribution in [2.45, 2.75) is 51.5 Å². The third kappa shape index (κ3) is 7.03. The van der Waals surface area contributed by atoms with E-state index < -0.39 is 0 Å². The van der Waals surface area contributed by atoms with Crippen molar-refractivity contribution < 1.29 is 14.3 Å². The number of carbonyl (C=O) groups is 1. The first-order valence-electron chi connectivity index (χ1n) is 10.7. The van der Waals surface area contributed by atoms with E-state index in [1.807, 2.05) is 24.3 Å². The molecule has 0 heterocycles. The van der Waals surface area contributed by atoms with Crippen molar-refractivity contribution >= 4 is 17.8 Å². The van der Waals surface area contributed by atoms with Crippen LogP contribution in [0.4, 0.5) is 10.5 Å². The number of nitrogens with zero attached hydrogens (tertiary/aromatic N) is 2. The molecule has 0 radical (unpaired) electrons. The first-order chi connectivity index (χ1) is 15.2. The Hall–Kier alpha value is -3.53. The minimum Gasteiger partial charge on any atom is -0.450 e. The van der Waals surface area contributed by atoms with Gasteiger partial charge in [0.1, 0.15) is 5.75 Å². The van der Waals surface area contributed by atoms with Crippen LogP contribution in [0.1, 0.15) is 43.7 Å². The van der Waals surface area contributed by atoms with Crippen LogP contribution < -0.4 is 15.4 Å². The second kappa shape index (κ2) is 11.6. The van der Waals surface area contributed by atoms with Gasteiger partial charge < -0.3 is 20.1 Å². The number of unbranched alkanes of at least 4 members (excludes halogenated alkanes) is 1. The molecule has 0 saturated carbocycles. The number of aliphatic imine (C=N–C) groups is 1. The van der Waals surface area contributed by atoms with Crippen molar-refractivity contribution in [3.63, 3.8) is 0 Å². The summed E-state index contributed by atoms with van der Waals surface area (Å²) in [6.45, 7) is 2.53. The third-order valence-electron chi connectivity index (χ3n) is 5.14. The van der Waals surface area contributed by atoms with Crippen molar-refractivity contribution in [1.82, 2.24) is 5.32 Å². The zero-order chi connectivity index (χ0) is 21.9. The molecule has 31 heavy (non-hydrogen) atoms. The van der Waals surface area contributed by atoms with Gasteiger partial charge in [0, 0.05) is 11.7 Å². The van der Waals surface area contributed by atoms with Crippen LogP contribution in [0.5, 0.6) is 5.75 Å². The predicted octanol–water partition coefficient (Wildman–Crippen LogP) is 4.79. The van der Waals surface area contributed by atoms with Gasteiger partial charge in [-0.05, 0) is 67.5 Å². The van der Waals surface area contributed by atoms with Gasteiger partial charge in [-0.15, -0.1) is 4.99 Å². The SMILES string of the molecule is CCCCOC(=O)N[C@@H]1CCc2ccc(NC(=NC#N)Oc3ccccc3)cc2CC1. The molecule has 3 rings (SSSR count). The van der Waals surface area contributed by atoms with E-state index in [1.54, 1.807) is 18.3 Å². The Balaban J connectivity index is 1.60. The summed E-state index contributed by atoms with van der Waals surface area (Å²) in [6.07, 6.45) is 6.77. The number of benzene rings is 2. The van der Waals surface area contributed by atoms with Crippen molar-refractivity contribution in [2.75, 3.05) is 11.9 Å². The Morgan fingerprint density at radius 3 is 2.68 bits per heavy atom. The summed E-state index contributed by atoms with van der Waals surface area (Å²) in [5.41, 5.74) is 3.27. The molecule has 2 aromatic carbocycles. The van der Waals surface area contributed by atoms with Gasteiger partial charge in [-0.2, -0.15) is 5.26 Å². The van der Waals surface area contributed by atoms with Crippen molar-refractivity contribution in [3.8, 4) is 11.9 Å². The van der Waals surface area contributed by atoms with E-state index in [0.29, 0.717) is 12.4 Å². The van der Waals surface area contributed by atoms with Gasteiger partial charge in [0.15, 0.2) is 0 Å². The number of amidine groups is 1. The molecule has 7 nitrogen and oxygen atoms in total. The van der Waals surface area contributed by atoms with E-state index in [0.717, 1.165) is 44.2 Å². The molecule has 0 bridgehead atoms. The number of aryl methyl sites for hydroxylation is 2. The van der Waals surface area contributed by atoms with Crippen LogP contribution in [0.3, 0.4) is 0 Å². The van der Waals surface area contributed by atoms with E-state index in [-0.39, 0.29) is 18.2 Å². The number of nitrogens with one attached hydrogen (secondary N) is 2. The quantitative estimate of drug-likeness (QED) is 0.230. The Labute approximate surface area is 183 Å². The Kier molecular flexibility index (Phi) is 8.29. The van der Waals surface area contributed by atoms with Gasteiger partial charge in [-0.25, -0.2) is 4.79 Å². The zero-order valence-electron chi connectivity index (χ0n) is 17.8. The van der Waals surface area contributed by atoms with Crippen LogP contribution in [0.25, 0.3) is 0 Å². The van der Waals surface area contributed by atoms with Gasteiger partial charge in [-0.3, -0.25) is 0 Å². The van der Waals surface area contributed by atoms with Crippen LogP contribution in [-0.4, -0.2) is 24.8 Å². The standard InChI is InChI=1S/C24H28N4O3/c1-2-3-15-30-24(29)28-20-12-9-18-10-14-21(16-19(18)11-13-20)27-23(26-17-25)31-22-7-5-4-6-8-22/h4-8,10,14,16,20H,2-3,9,11-13,15H2,1H3,(H,26,27)(H,28,29)/t20-/m1/s1. The van der Waals surface area contributed by atoms with E-state index in [9.17, 15) is 4.79 Å². The lowest BCUT2D eigenvalue weighted by atomic mass is 10.0. The minimum absolute atomic E-state index is 0.0927. The summed E-state index contributed by atoms with van der Waals surface area (Å²) in [4.78, 5) is 15.7. The van der Waals surface area contributed by atoms with E-state index in [2.05, 4.69) is 34.7 Å². The van der Waals surface area contributed by atoms with Crippen molar-refractivity contribution in [1.29, 1.82) is 5.26 Å². The summed E-state index contributed by atoms with van der Waals surface area (Å²) >= 11 is 0. The second-order valence-electron chi connectivity index (χ2n) is 7.45.